The van der Waals surface area contributed by atoms with Crippen LogP contribution in [0, 0.1) is 5.92 Å². The Morgan fingerprint density at radius 3 is 2.41 bits per heavy atom. The van der Waals surface area contributed by atoms with Gasteiger partial charge in [-0.3, -0.25) is 19.3 Å². The number of ether oxygens (including phenoxy) is 1. The summed E-state index contributed by atoms with van der Waals surface area (Å²) in [4.78, 5) is 56.8. The highest BCUT2D eigenvalue weighted by atomic mass is 28.4. The monoisotopic (exact) mass is 613 g/mol. The fourth-order valence-corrected chi connectivity index (χ4v) is 10.3. The summed E-state index contributed by atoms with van der Waals surface area (Å²) in [7, 11) is -1.29. The number of rotatable bonds is 7. The molecule has 0 aromatic heterocycles. The van der Waals surface area contributed by atoms with Gasteiger partial charge in [0.25, 0.3) is 5.91 Å². The van der Waals surface area contributed by atoms with Crippen LogP contribution in [0.3, 0.4) is 0 Å². The number of likely N-dealkylation sites (N-methyl/N-ethyl adjacent to an activating group) is 1. The number of hydrogen-bond acceptors (Lipinski definition) is 6. The van der Waals surface area contributed by atoms with Gasteiger partial charge in [0.15, 0.2) is 13.9 Å². The molecule has 6 rings (SSSR count). The molecular weight excluding hydrogens is 574 g/mol. The smallest absolute Gasteiger partial charge is 0.264 e. The minimum atomic E-state index is -2.99. The molecule has 2 N–H and O–H groups in total. The van der Waals surface area contributed by atoms with E-state index in [1.165, 1.54) is 4.90 Å². The summed E-state index contributed by atoms with van der Waals surface area (Å²) >= 11 is 0. The number of fused-ring (bicyclic) bond motifs is 3. The topological polar surface area (TPSA) is 111 Å². The molecule has 44 heavy (non-hydrogen) atoms. The Bertz CT molecular complexity index is 1590. The van der Waals surface area contributed by atoms with Gasteiger partial charge in [-0.15, -0.1) is 0 Å². The summed E-state index contributed by atoms with van der Waals surface area (Å²) in [6, 6.07) is 22.3. The minimum absolute atomic E-state index is 0.0249. The van der Waals surface area contributed by atoms with Gasteiger partial charge in [-0.05, 0) is 61.0 Å². The fourth-order valence-electron chi connectivity index (χ4n) is 7.71. The Hall–Kier alpha value is -3.83. The van der Waals surface area contributed by atoms with Crippen LogP contribution in [0.25, 0.3) is 0 Å². The van der Waals surface area contributed by atoms with Gasteiger partial charge in [0.2, 0.25) is 12.3 Å². The molecule has 9 nitrogen and oxygen atoms in total. The predicted octanol–water partition coefficient (Wildman–Crippen LogP) is 4.09. The van der Waals surface area contributed by atoms with Crippen LogP contribution in [0.5, 0.6) is 0 Å². The number of nitrogens with zero attached hydrogens (tertiary/aromatic N) is 3. The molecule has 5 atom stereocenters. The quantitative estimate of drug-likeness (QED) is 0.307. The van der Waals surface area contributed by atoms with Crippen LogP contribution in [0.1, 0.15) is 30.0 Å². The standard InChI is InChI=1S/C34H39N3O6Si/c1-22-32(44(3,4)42)30(18-31(40)36-19-24-11-9-8-10-23(24)16-27(36)20-38)43-34(22)28-17-26(14-15-29(28)35(2)33(34)41)37(21-39)25-12-6-5-7-13-25/h5-15,17,21-22,27,30,32,38,42H,16,18-20H2,1-4H3/t22-,27+,30+,32-,34+/m1/s1. The lowest BCUT2D eigenvalue weighted by atomic mass is 9.82. The summed E-state index contributed by atoms with van der Waals surface area (Å²) in [5, 5.41) is 10.2. The third-order valence-corrected chi connectivity index (χ3v) is 12.3. The maximum absolute atomic E-state index is 14.2. The molecular formula is C34H39N3O6Si. The van der Waals surface area contributed by atoms with Crippen molar-refractivity contribution >= 4 is 43.6 Å². The molecule has 3 aliphatic heterocycles. The summed E-state index contributed by atoms with van der Waals surface area (Å²) in [5.41, 5.74) is 2.85. The number of aliphatic hydroxyl groups excluding tert-OH is 1. The molecule has 3 amide bonds. The number of benzene rings is 3. The van der Waals surface area contributed by atoms with E-state index in [9.17, 15) is 24.3 Å². The van der Waals surface area contributed by atoms with Gasteiger partial charge in [0.1, 0.15) is 0 Å². The van der Waals surface area contributed by atoms with Gasteiger partial charge in [0.05, 0.1) is 30.9 Å². The first-order valence-corrected chi connectivity index (χ1v) is 18.1. The first-order valence-electron chi connectivity index (χ1n) is 15.1. The van der Waals surface area contributed by atoms with Gasteiger partial charge in [-0.1, -0.05) is 49.4 Å². The van der Waals surface area contributed by atoms with Crippen molar-refractivity contribution in [1.29, 1.82) is 0 Å². The third-order valence-electron chi connectivity index (χ3n) is 9.78. The molecule has 3 aromatic rings. The normalized spacial score (nSPS) is 26.1. The average molecular weight is 614 g/mol. The van der Waals surface area contributed by atoms with Crippen LogP contribution in [0.2, 0.25) is 18.6 Å². The Balaban J connectivity index is 1.37. The number of amides is 3. The van der Waals surface area contributed by atoms with Crippen LogP contribution in [-0.4, -0.2) is 67.1 Å². The van der Waals surface area contributed by atoms with E-state index in [4.69, 9.17) is 4.74 Å². The fraction of sp³-hybridized carbons (Fsp3) is 0.382. The molecule has 10 heteroatoms. The minimum Gasteiger partial charge on any atom is -0.432 e. The van der Waals surface area contributed by atoms with E-state index in [0.29, 0.717) is 35.6 Å². The molecule has 0 saturated carbocycles. The molecule has 1 spiro atoms. The van der Waals surface area contributed by atoms with E-state index in [2.05, 4.69) is 0 Å². The van der Waals surface area contributed by atoms with Gasteiger partial charge in [-0.2, -0.15) is 0 Å². The van der Waals surface area contributed by atoms with Crippen molar-refractivity contribution < 1.29 is 29.0 Å². The van der Waals surface area contributed by atoms with Crippen LogP contribution < -0.4 is 9.80 Å². The molecule has 0 bridgehead atoms. The summed E-state index contributed by atoms with van der Waals surface area (Å²) < 4.78 is 6.81. The zero-order valence-corrected chi connectivity index (χ0v) is 26.5. The van der Waals surface area contributed by atoms with Crippen molar-refractivity contribution in [2.45, 2.75) is 62.7 Å². The van der Waals surface area contributed by atoms with Gasteiger partial charge in [-0.25, -0.2) is 0 Å². The van der Waals surface area contributed by atoms with Gasteiger partial charge >= 0.3 is 0 Å². The van der Waals surface area contributed by atoms with Crippen LogP contribution in [-0.2, 0) is 37.7 Å². The molecule has 1 saturated heterocycles. The van der Waals surface area contributed by atoms with Crippen molar-refractivity contribution in [3.8, 4) is 0 Å². The predicted molar refractivity (Wildman–Crippen MR) is 170 cm³/mol. The van der Waals surface area contributed by atoms with Crippen LogP contribution in [0.4, 0.5) is 17.1 Å². The van der Waals surface area contributed by atoms with E-state index >= 15 is 0 Å². The number of para-hydroxylation sites is 1. The molecule has 3 heterocycles. The third kappa shape index (κ3) is 4.77. The lowest BCUT2D eigenvalue weighted by Gasteiger charge is -2.37. The zero-order chi connectivity index (χ0) is 31.4. The van der Waals surface area contributed by atoms with E-state index in [0.717, 1.165) is 17.5 Å². The number of anilines is 3. The highest BCUT2D eigenvalue weighted by Gasteiger charge is 2.66. The second-order valence-electron chi connectivity index (χ2n) is 12.8. The zero-order valence-electron chi connectivity index (χ0n) is 25.5. The largest absolute Gasteiger partial charge is 0.432 e. The maximum atomic E-state index is 14.2. The summed E-state index contributed by atoms with van der Waals surface area (Å²) in [6.07, 6.45) is 0.556. The van der Waals surface area contributed by atoms with Crippen LogP contribution in [0.15, 0.2) is 72.8 Å². The Morgan fingerprint density at radius 2 is 1.75 bits per heavy atom. The Morgan fingerprint density at radius 1 is 1.07 bits per heavy atom. The molecule has 3 aromatic carbocycles. The summed E-state index contributed by atoms with van der Waals surface area (Å²) in [5.74, 6) is -0.886. The second-order valence-corrected chi connectivity index (χ2v) is 16.7. The second kappa shape index (κ2) is 11.3. The SMILES string of the molecule is C[C@@H]1[C@@H]([Si](C)(C)O)[C@H](CC(=O)N2Cc3ccccc3C[C@H]2CO)O[C@@]12C(=O)N(C)c1ccc(N(C=O)c3ccccc3)cc12. The average Bonchev–Trinajstić information content (AvgIpc) is 3.43. The maximum Gasteiger partial charge on any atom is 0.264 e. The highest BCUT2D eigenvalue weighted by molar-refractivity contribution is 6.71. The van der Waals surface area contributed by atoms with E-state index in [1.54, 1.807) is 22.9 Å². The van der Waals surface area contributed by atoms with E-state index < -0.39 is 31.5 Å². The van der Waals surface area contributed by atoms with Crippen molar-refractivity contribution in [3.05, 3.63) is 89.5 Å². The molecule has 3 aliphatic rings. The van der Waals surface area contributed by atoms with Crippen molar-refractivity contribution in [2.75, 3.05) is 23.5 Å². The Kier molecular flexibility index (Phi) is 7.73. The first kappa shape index (κ1) is 30.2. The number of carbonyl (C=O) groups is 3. The molecule has 0 radical (unpaired) electrons. The van der Waals surface area contributed by atoms with Crippen molar-refractivity contribution in [3.63, 3.8) is 0 Å². The molecule has 1 fully saturated rings. The van der Waals surface area contributed by atoms with E-state index in [-0.39, 0.29) is 30.9 Å². The summed E-state index contributed by atoms with van der Waals surface area (Å²) in [6.45, 7) is 5.80. The highest BCUT2D eigenvalue weighted by Crippen LogP contribution is 2.60. The molecule has 0 aliphatic carbocycles. The number of carbonyl (C=O) groups excluding carboxylic acids is 3. The van der Waals surface area contributed by atoms with Crippen molar-refractivity contribution in [1.82, 2.24) is 4.90 Å². The van der Waals surface area contributed by atoms with Gasteiger partial charge < -0.3 is 24.4 Å². The first-order chi connectivity index (χ1) is 21.0. The van der Waals surface area contributed by atoms with Crippen molar-refractivity contribution in [2.24, 2.45) is 5.92 Å². The molecule has 230 valence electrons. The number of aliphatic hydroxyl groups is 1. The lowest BCUT2D eigenvalue weighted by molar-refractivity contribution is -0.150. The Labute approximate surface area is 258 Å². The van der Waals surface area contributed by atoms with E-state index in [1.807, 2.05) is 86.7 Å². The van der Waals surface area contributed by atoms with Gasteiger partial charge in [0, 0.05) is 42.0 Å². The molecule has 0 unspecified atom stereocenters. The lowest BCUT2D eigenvalue weighted by Crippen LogP contribution is -2.48. The van der Waals surface area contributed by atoms with Crippen LogP contribution >= 0.6 is 0 Å². The number of hydrogen-bond donors (Lipinski definition) is 2.